The maximum absolute atomic E-state index is 14.5. The third-order valence-electron chi connectivity index (χ3n) is 4.21. The van der Waals surface area contributed by atoms with Gasteiger partial charge in [0.2, 0.25) is 0 Å². The molecule has 0 saturated heterocycles. The minimum Gasteiger partial charge on any atom is -0.497 e. The monoisotopic (exact) mass is 329 g/mol. The second-order valence-electron chi connectivity index (χ2n) is 5.88. The summed E-state index contributed by atoms with van der Waals surface area (Å²) in [5, 5.41) is 9.12. The Morgan fingerprint density at radius 3 is 2.42 bits per heavy atom. The number of nitrogens with zero attached hydrogens (tertiary/aromatic N) is 1. The summed E-state index contributed by atoms with van der Waals surface area (Å²) in [4.78, 5) is 14.1. The van der Waals surface area contributed by atoms with Crippen LogP contribution in [-0.2, 0) is 0 Å². The summed E-state index contributed by atoms with van der Waals surface area (Å²) in [5.41, 5.74) is 1.60. The van der Waals surface area contributed by atoms with Crippen molar-refractivity contribution in [2.24, 2.45) is 0 Å². The number of amides is 1. The van der Waals surface area contributed by atoms with E-state index in [1.54, 1.807) is 18.1 Å². The van der Waals surface area contributed by atoms with Gasteiger partial charge in [-0.15, -0.1) is 0 Å². The molecule has 3 rings (SSSR count). The molecule has 0 heterocycles. The number of aliphatic hydroxyl groups is 1. The zero-order valence-corrected chi connectivity index (χ0v) is 13.5. The van der Waals surface area contributed by atoms with E-state index in [2.05, 4.69) is 0 Å². The molecule has 1 fully saturated rings. The molecular formula is C19H20FNO3. The van der Waals surface area contributed by atoms with Crippen molar-refractivity contribution < 1.29 is 19.0 Å². The SMILES string of the molecule is COc1ccc(-c2ccc(C(=O)N(CCO)C3CC3)c(F)c2)cc1. The molecule has 1 aliphatic rings. The fraction of sp³-hybridized carbons (Fsp3) is 0.316. The molecule has 0 aromatic heterocycles. The van der Waals surface area contributed by atoms with Crippen molar-refractivity contribution in [3.63, 3.8) is 0 Å². The first kappa shape index (κ1) is 16.5. The minimum absolute atomic E-state index is 0.0487. The number of halogens is 1. The van der Waals surface area contributed by atoms with Crippen LogP contribution in [0.2, 0.25) is 0 Å². The largest absolute Gasteiger partial charge is 0.497 e. The van der Waals surface area contributed by atoms with Crippen molar-refractivity contribution in [3.8, 4) is 16.9 Å². The Labute approximate surface area is 140 Å². The predicted molar refractivity (Wildman–Crippen MR) is 89.5 cm³/mol. The normalized spacial score (nSPS) is 13.6. The van der Waals surface area contributed by atoms with Crippen LogP contribution in [0.1, 0.15) is 23.2 Å². The Hall–Kier alpha value is -2.40. The molecule has 0 atom stereocenters. The number of benzene rings is 2. The quantitative estimate of drug-likeness (QED) is 0.886. The standard InChI is InChI=1S/C19H20FNO3/c1-24-16-7-2-13(3-8-16)14-4-9-17(18(20)12-14)19(23)21(10-11-22)15-5-6-15/h2-4,7-9,12,15,22H,5-6,10-11H2,1H3. The fourth-order valence-corrected chi connectivity index (χ4v) is 2.75. The number of hydrogen-bond acceptors (Lipinski definition) is 3. The Morgan fingerprint density at radius 2 is 1.88 bits per heavy atom. The lowest BCUT2D eigenvalue weighted by atomic mass is 10.0. The molecule has 4 nitrogen and oxygen atoms in total. The summed E-state index contributed by atoms with van der Waals surface area (Å²) in [6.07, 6.45) is 1.83. The van der Waals surface area contributed by atoms with E-state index in [9.17, 15) is 9.18 Å². The average Bonchev–Trinajstić information content (AvgIpc) is 3.44. The molecule has 1 aliphatic carbocycles. The summed E-state index contributed by atoms with van der Waals surface area (Å²) in [6.45, 7) is 0.122. The lowest BCUT2D eigenvalue weighted by Gasteiger charge is -2.21. The Kier molecular flexibility index (Phi) is 4.81. The third-order valence-corrected chi connectivity index (χ3v) is 4.21. The van der Waals surface area contributed by atoms with Crippen LogP contribution in [0.15, 0.2) is 42.5 Å². The third kappa shape index (κ3) is 3.41. The van der Waals surface area contributed by atoms with E-state index < -0.39 is 5.82 Å². The molecule has 1 N–H and O–H groups in total. The topological polar surface area (TPSA) is 49.8 Å². The van der Waals surface area contributed by atoms with E-state index in [1.165, 1.54) is 12.1 Å². The first-order valence-corrected chi connectivity index (χ1v) is 8.00. The van der Waals surface area contributed by atoms with Crippen molar-refractivity contribution in [2.45, 2.75) is 18.9 Å². The molecule has 0 aliphatic heterocycles. The Morgan fingerprint density at radius 1 is 1.21 bits per heavy atom. The first-order chi connectivity index (χ1) is 11.6. The van der Waals surface area contributed by atoms with Gasteiger partial charge in [0.15, 0.2) is 0 Å². The van der Waals surface area contributed by atoms with Crippen LogP contribution < -0.4 is 4.74 Å². The van der Waals surface area contributed by atoms with Crippen molar-refractivity contribution in [1.82, 2.24) is 4.90 Å². The summed E-state index contributed by atoms with van der Waals surface area (Å²) in [7, 11) is 1.59. The number of aliphatic hydroxyl groups excluding tert-OH is 1. The van der Waals surface area contributed by atoms with E-state index in [-0.39, 0.29) is 30.7 Å². The van der Waals surface area contributed by atoms with Crippen molar-refractivity contribution >= 4 is 5.91 Å². The highest BCUT2D eigenvalue weighted by Gasteiger charge is 2.33. The second kappa shape index (κ2) is 7.01. The van der Waals surface area contributed by atoms with E-state index in [4.69, 9.17) is 9.84 Å². The van der Waals surface area contributed by atoms with Crippen molar-refractivity contribution in [3.05, 3.63) is 53.8 Å². The molecule has 0 spiro atoms. The van der Waals surface area contributed by atoms with Crippen LogP contribution in [0.5, 0.6) is 5.75 Å². The summed E-state index contributed by atoms with van der Waals surface area (Å²) in [5.74, 6) is -0.169. The Balaban J connectivity index is 1.84. The molecule has 24 heavy (non-hydrogen) atoms. The van der Waals surface area contributed by atoms with Crippen molar-refractivity contribution in [1.29, 1.82) is 0 Å². The molecule has 1 amide bonds. The van der Waals surface area contributed by atoms with E-state index in [0.29, 0.717) is 5.56 Å². The molecule has 2 aromatic rings. The zero-order valence-electron chi connectivity index (χ0n) is 13.5. The summed E-state index contributed by atoms with van der Waals surface area (Å²) < 4.78 is 19.6. The van der Waals surface area contributed by atoms with Gasteiger partial charge in [0, 0.05) is 12.6 Å². The van der Waals surface area contributed by atoms with Gasteiger partial charge in [-0.1, -0.05) is 18.2 Å². The summed E-state index contributed by atoms with van der Waals surface area (Å²) in [6, 6.07) is 12.1. The lowest BCUT2D eigenvalue weighted by molar-refractivity contribution is 0.0703. The van der Waals surface area contributed by atoms with Gasteiger partial charge >= 0.3 is 0 Å². The number of carbonyl (C=O) groups is 1. The molecule has 126 valence electrons. The van der Waals surface area contributed by atoms with Gasteiger partial charge in [0.25, 0.3) is 5.91 Å². The van der Waals surface area contributed by atoms with Gasteiger partial charge in [-0.3, -0.25) is 4.79 Å². The lowest BCUT2D eigenvalue weighted by Crippen LogP contribution is -2.36. The Bertz CT molecular complexity index is 726. The highest BCUT2D eigenvalue weighted by Crippen LogP contribution is 2.30. The van der Waals surface area contributed by atoms with Crippen LogP contribution in [0.3, 0.4) is 0 Å². The van der Waals surface area contributed by atoms with Crippen molar-refractivity contribution in [2.75, 3.05) is 20.3 Å². The number of rotatable bonds is 6. The maximum atomic E-state index is 14.5. The van der Waals surface area contributed by atoms with Crippen LogP contribution >= 0.6 is 0 Å². The van der Waals surface area contributed by atoms with Gasteiger partial charge in [-0.25, -0.2) is 4.39 Å². The van der Waals surface area contributed by atoms with Crippen LogP contribution in [0.4, 0.5) is 4.39 Å². The smallest absolute Gasteiger partial charge is 0.257 e. The molecule has 2 aromatic carbocycles. The first-order valence-electron chi connectivity index (χ1n) is 8.00. The van der Waals surface area contributed by atoms with Crippen LogP contribution in [0, 0.1) is 5.82 Å². The van der Waals surface area contributed by atoms with E-state index in [0.717, 1.165) is 24.2 Å². The van der Waals surface area contributed by atoms with E-state index >= 15 is 0 Å². The average molecular weight is 329 g/mol. The second-order valence-corrected chi connectivity index (χ2v) is 5.88. The molecule has 0 radical (unpaired) electrons. The number of methoxy groups -OCH3 is 1. The summed E-state index contributed by atoms with van der Waals surface area (Å²) >= 11 is 0. The number of ether oxygens (including phenoxy) is 1. The van der Waals surface area contributed by atoms with E-state index in [1.807, 2.05) is 24.3 Å². The molecule has 1 saturated carbocycles. The van der Waals surface area contributed by atoms with Gasteiger partial charge in [-0.05, 0) is 48.2 Å². The molecule has 5 heteroatoms. The zero-order chi connectivity index (χ0) is 17.1. The minimum atomic E-state index is -0.545. The van der Waals surface area contributed by atoms with Gasteiger partial charge in [0.1, 0.15) is 11.6 Å². The molecule has 0 unspecified atom stereocenters. The number of hydrogen-bond donors (Lipinski definition) is 1. The van der Waals surface area contributed by atoms with Gasteiger partial charge in [0.05, 0.1) is 19.3 Å². The number of carbonyl (C=O) groups excluding carboxylic acids is 1. The van der Waals surface area contributed by atoms with Crippen LogP contribution in [0.25, 0.3) is 11.1 Å². The fourth-order valence-electron chi connectivity index (χ4n) is 2.75. The van der Waals surface area contributed by atoms with Gasteiger partial charge < -0.3 is 14.7 Å². The highest BCUT2D eigenvalue weighted by atomic mass is 19.1. The highest BCUT2D eigenvalue weighted by molar-refractivity contribution is 5.95. The van der Waals surface area contributed by atoms with Gasteiger partial charge in [-0.2, -0.15) is 0 Å². The molecule has 0 bridgehead atoms. The predicted octanol–water partition coefficient (Wildman–Crippen LogP) is 3.10. The molecular weight excluding hydrogens is 309 g/mol. The van der Waals surface area contributed by atoms with Crippen LogP contribution in [-0.4, -0.2) is 42.2 Å². The maximum Gasteiger partial charge on any atom is 0.257 e.